The van der Waals surface area contributed by atoms with Crippen LogP contribution in [-0.2, 0) is 0 Å². The van der Waals surface area contributed by atoms with Gasteiger partial charge in [-0.25, -0.2) is 0 Å². The lowest BCUT2D eigenvalue weighted by Crippen LogP contribution is -2.23. The summed E-state index contributed by atoms with van der Waals surface area (Å²) in [6.45, 7) is 1.28. The van der Waals surface area contributed by atoms with E-state index in [1.807, 2.05) is 0 Å². The minimum atomic E-state index is 0.785. The van der Waals surface area contributed by atoms with E-state index in [-0.39, 0.29) is 0 Å². The van der Waals surface area contributed by atoms with Crippen molar-refractivity contribution in [2.45, 2.75) is 32.1 Å². The fourth-order valence-electron chi connectivity index (χ4n) is 2.67. The minimum Gasteiger partial charge on any atom is -0.319 e. The third-order valence-electron chi connectivity index (χ3n) is 3.36. The summed E-state index contributed by atoms with van der Waals surface area (Å²) >= 11 is 0. The smallest absolute Gasteiger partial charge is 0.000757 e. The Kier molecular flexibility index (Phi) is 1.48. The van der Waals surface area contributed by atoms with Crippen LogP contribution in [0.15, 0.2) is 0 Å². The van der Waals surface area contributed by atoms with Crippen molar-refractivity contribution in [3.63, 3.8) is 0 Å². The van der Waals surface area contributed by atoms with Gasteiger partial charge in [0.25, 0.3) is 0 Å². The van der Waals surface area contributed by atoms with E-state index in [2.05, 4.69) is 12.4 Å². The summed E-state index contributed by atoms with van der Waals surface area (Å²) in [5, 5.41) is 3.32. The van der Waals surface area contributed by atoms with E-state index in [0.717, 1.165) is 11.3 Å². The summed E-state index contributed by atoms with van der Waals surface area (Å²) in [4.78, 5) is 0. The van der Waals surface area contributed by atoms with Gasteiger partial charge >= 0.3 is 0 Å². The number of rotatable bonds is 2. The van der Waals surface area contributed by atoms with Gasteiger partial charge in [-0.3, -0.25) is 0 Å². The second-order valence-corrected chi connectivity index (χ2v) is 4.04. The molecule has 10 heavy (non-hydrogen) atoms. The van der Waals surface area contributed by atoms with Crippen LogP contribution in [0, 0.1) is 11.3 Å². The van der Waals surface area contributed by atoms with Crippen LogP contribution in [0.1, 0.15) is 32.1 Å². The molecule has 2 rings (SSSR count). The van der Waals surface area contributed by atoms with E-state index in [4.69, 9.17) is 0 Å². The van der Waals surface area contributed by atoms with Gasteiger partial charge in [-0.2, -0.15) is 0 Å². The van der Waals surface area contributed by atoms with Crippen molar-refractivity contribution in [2.75, 3.05) is 13.6 Å². The molecule has 2 unspecified atom stereocenters. The molecule has 2 atom stereocenters. The quantitative estimate of drug-likeness (QED) is 0.615. The molecule has 1 nitrogen and oxygen atoms in total. The molecule has 0 radical (unpaired) electrons. The average Bonchev–Trinajstić information content (AvgIpc) is 2.62. The van der Waals surface area contributed by atoms with Crippen molar-refractivity contribution in [1.29, 1.82) is 0 Å². The molecular formula is C9H17N. The first-order valence-electron chi connectivity index (χ1n) is 4.52. The van der Waals surface area contributed by atoms with Crippen molar-refractivity contribution in [3.05, 3.63) is 0 Å². The van der Waals surface area contributed by atoms with Gasteiger partial charge in [0.15, 0.2) is 0 Å². The number of nitrogens with one attached hydrogen (secondary N) is 1. The zero-order chi connectivity index (χ0) is 7.03. The monoisotopic (exact) mass is 139 g/mol. The maximum absolute atomic E-state index is 3.32. The van der Waals surface area contributed by atoms with Gasteiger partial charge < -0.3 is 5.32 Å². The minimum absolute atomic E-state index is 0.785. The van der Waals surface area contributed by atoms with Crippen LogP contribution in [0.2, 0.25) is 0 Å². The molecule has 0 spiro atoms. The van der Waals surface area contributed by atoms with Crippen LogP contribution in [0.5, 0.6) is 0 Å². The second-order valence-electron chi connectivity index (χ2n) is 4.04. The molecule has 0 aromatic rings. The number of hydrogen-bond donors (Lipinski definition) is 1. The van der Waals surface area contributed by atoms with Crippen molar-refractivity contribution in [2.24, 2.45) is 11.3 Å². The molecule has 58 valence electrons. The van der Waals surface area contributed by atoms with Crippen LogP contribution in [0.25, 0.3) is 0 Å². The van der Waals surface area contributed by atoms with Crippen molar-refractivity contribution in [3.8, 4) is 0 Å². The van der Waals surface area contributed by atoms with E-state index in [1.54, 1.807) is 0 Å². The third-order valence-corrected chi connectivity index (χ3v) is 3.36. The van der Waals surface area contributed by atoms with Gasteiger partial charge in [0.2, 0.25) is 0 Å². The van der Waals surface area contributed by atoms with Crippen LogP contribution in [-0.4, -0.2) is 13.6 Å². The maximum atomic E-state index is 3.32. The van der Waals surface area contributed by atoms with Crippen molar-refractivity contribution >= 4 is 0 Å². The van der Waals surface area contributed by atoms with Crippen LogP contribution in [0.3, 0.4) is 0 Å². The maximum Gasteiger partial charge on any atom is 0.000757 e. The predicted octanol–water partition coefficient (Wildman–Crippen LogP) is 1.79. The van der Waals surface area contributed by atoms with Gasteiger partial charge in [-0.05, 0) is 37.6 Å². The first kappa shape index (κ1) is 6.66. The zero-order valence-corrected chi connectivity index (χ0v) is 6.82. The van der Waals surface area contributed by atoms with Gasteiger partial charge in [0.1, 0.15) is 0 Å². The summed E-state index contributed by atoms with van der Waals surface area (Å²) in [5.74, 6) is 1.11. The molecule has 1 N–H and O–H groups in total. The fourth-order valence-corrected chi connectivity index (χ4v) is 2.67. The van der Waals surface area contributed by atoms with E-state index in [1.165, 1.54) is 38.6 Å². The Morgan fingerprint density at radius 1 is 1.50 bits per heavy atom. The number of fused-ring (bicyclic) bond motifs is 1. The predicted molar refractivity (Wildman–Crippen MR) is 42.9 cm³/mol. The molecule has 0 heterocycles. The highest BCUT2D eigenvalue weighted by Gasteiger charge is 2.53. The van der Waals surface area contributed by atoms with Crippen LogP contribution in [0.4, 0.5) is 0 Å². The first-order chi connectivity index (χ1) is 4.87. The largest absolute Gasteiger partial charge is 0.319 e. The molecule has 1 heteroatoms. The Balaban J connectivity index is 1.92. The summed E-state index contributed by atoms with van der Waals surface area (Å²) in [6, 6.07) is 0. The Labute approximate surface area is 63.2 Å². The number of hydrogen-bond acceptors (Lipinski definition) is 1. The summed E-state index contributed by atoms with van der Waals surface area (Å²) < 4.78 is 0. The molecule has 2 aliphatic rings. The zero-order valence-electron chi connectivity index (χ0n) is 6.82. The van der Waals surface area contributed by atoms with Crippen LogP contribution < -0.4 is 5.32 Å². The molecule has 0 amide bonds. The third kappa shape index (κ3) is 0.878. The molecule has 2 saturated carbocycles. The highest BCUT2D eigenvalue weighted by Crippen LogP contribution is 2.60. The molecule has 0 saturated heterocycles. The van der Waals surface area contributed by atoms with Crippen molar-refractivity contribution < 1.29 is 0 Å². The van der Waals surface area contributed by atoms with Gasteiger partial charge in [-0.1, -0.05) is 12.8 Å². The van der Waals surface area contributed by atoms with E-state index >= 15 is 0 Å². The Morgan fingerprint density at radius 3 is 3.10 bits per heavy atom. The lowest BCUT2D eigenvalue weighted by atomic mass is 9.88. The standard InChI is InChI=1S/C9H17N/c1-10-7-9-5-3-2-4-8(9)6-9/h8,10H,2-7H2,1H3. The molecular weight excluding hydrogens is 122 g/mol. The lowest BCUT2D eigenvalue weighted by molar-refractivity contribution is 0.329. The molecule has 0 aromatic heterocycles. The van der Waals surface area contributed by atoms with Gasteiger partial charge in [0.05, 0.1) is 0 Å². The Hall–Kier alpha value is -0.0400. The summed E-state index contributed by atoms with van der Waals surface area (Å²) in [5.41, 5.74) is 0.785. The molecule has 0 aromatic carbocycles. The molecule has 0 aliphatic heterocycles. The van der Waals surface area contributed by atoms with Crippen LogP contribution >= 0.6 is 0 Å². The Morgan fingerprint density at radius 2 is 2.40 bits per heavy atom. The molecule has 2 fully saturated rings. The van der Waals surface area contributed by atoms with E-state index in [0.29, 0.717) is 0 Å². The first-order valence-corrected chi connectivity index (χ1v) is 4.52. The highest BCUT2D eigenvalue weighted by molar-refractivity contribution is 5.05. The van der Waals surface area contributed by atoms with E-state index < -0.39 is 0 Å². The van der Waals surface area contributed by atoms with Gasteiger partial charge in [-0.15, -0.1) is 0 Å². The fraction of sp³-hybridized carbons (Fsp3) is 1.00. The Bertz CT molecular complexity index is 129. The summed E-state index contributed by atoms with van der Waals surface area (Å²) in [7, 11) is 2.08. The van der Waals surface area contributed by atoms with E-state index in [9.17, 15) is 0 Å². The second kappa shape index (κ2) is 2.23. The summed E-state index contributed by atoms with van der Waals surface area (Å²) in [6.07, 6.45) is 7.52. The average molecular weight is 139 g/mol. The van der Waals surface area contributed by atoms with Crippen molar-refractivity contribution in [1.82, 2.24) is 5.32 Å². The molecule has 0 bridgehead atoms. The SMILES string of the molecule is CNCC12CCCCC1C2. The molecule has 2 aliphatic carbocycles. The highest BCUT2D eigenvalue weighted by atomic mass is 14.9. The lowest BCUT2D eigenvalue weighted by Gasteiger charge is -2.20. The normalized spacial score (nSPS) is 44.7. The topological polar surface area (TPSA) is 12.0 Å². The van der Waals surface area contributed by atoms with Gasteiger partial charge in [0, 0.05) is 6.54 Å².